The van der Waals surface area contributed by atoms with Crippen LogP contribution in [0.5, 0.6) is 5.75 Å². The number of hydrogen-bond donors (Lipinski definition) is 1. The standard InChI is InChI=1S/C10H13BrClNO3S/c1-7(2)16-10-4-3-8(5-9(10)12)13-17(14,15)6-11/h3-5,7,13H,6H2,1-2H3. The zero-order valence-electron chi connectivity index (χ0n) is 9.41. The van der Waals surface area contributed by atoms with Crippen LogP contribution in [0.4, 0.5) is 5.69 Å². The summed E-state index contributed by atoms with van der Waals surface area (Å²) in [7, 11) is -3.36. The maximum Gasteiger partial charge on any atom is 0.242 e. The van der Waals surface area contributed by atoms with E-state index >= 15 is 0 Å². The fourth-order valence-electron chi connectivity index (χ4n) is 1.12. The molecule has 0 bridgehead atoms. The van der Waals surface area contributed by atoms with E-state index in [1.807, 2.05) is 13.8 Å². The van der Waals surface area contributed by atoms with Crippen LogP contribution < -0.4 is 9.46 Å². The van der Waals surface area contributed by atoms with Crippen LogP contribution in [0.25, 0.3) is 0 Å². The molecule has 7 heteroatoms. The van der Waals surface area contributed by atoms with Gasteiger partial charge in [0.2, 0.25) is 10.0 Å². The third kappa shape index (κ3) is 4.73. The van der Waals surface area contributed by atoms with Crippen molar-refractivity contribution in [3.63, 3.8) is 0 Å². The number of nitrogens with one attached hydrogen (secondary N) is 1. The summed E-state index contributed by atoms with van der Waals surface area (Å²) in [6.07, 6.45) is 0.0117. The predicted molar refractivity (Wildman–Crippen MR) is 73.6 cm³/mol. The van der Waals surface area contributed by atoms with Crippen molar-refractivity contribution in [1.82, 2.24) is 0 Å². The third-order valence-electron chi connectivity index (χ3n) is 1.71. The number of alkyl halides is 1. The molecule has 0 saturated carbocycles. The molecule has 96 valence electrons. The SMILES string of the molecule is CC(C)Oc1ccc(NS(=O)(=O)CBr)cc1Cl. The molecule has 0 radical (unpaired) electrons. The summed E-state index contributed by atoms with van der Waals surface area (Å²) in [6.45, 7) is 3.77. The van der Waals surface area contributed by atoms with Crippen LogP contribution in [-0.2, 0) is 10.0 Å². The lowest BCUT2D eigenvalue weighted by atomic mass is 10.3. The van der Waals surface area contributed by atoms with Gasteiger partial charge in [0.25, 0.3) is 0 Å². The van der Waals surface area contributed by atoms with E-state index < -0.39 is 10.0 Å². The van der Waals surface area contributed by atoms with Crippen LogP contribution in [0.15, 0.2) is 18.2 Å². The van der Waals surface area contributed by atoms with E-state index in [-0.39, 0.29) is 10.8 Å². The Hall–Kier alpha value is -0.460. The Morgan fingerprint density at radius 3 is 2.59 bits per heavy atom. The summed E-state index contributed by atoms with van der Waals surface area (Å²) in [4.78, 5) is 0. The minimum Gasteiger partial charge on any atom is -0.489 e. The van der Waals surface area contributed by atoms with E-state index in [1.165, 1.54) is 6.07 Å². The Morgan fingerprint density at radius 2 is 2.12 bits per heavy atom. The highest BCUT2D eigenvalue weighted by molar-refractivity contribution is 9.10. The number of rotatable bonds is 5. The summed E-state index contributed by atoms with van der Waals surface area (Å²) in [5.41, 5.74) is 0.408. The zero-order chi connectivity index (χ0) is 13.1. The van der Waals surface area contributed by atoms with Crippen molar-refractivity contribution in [1.29, 1.82) is 0 Å². The molecule has 0 atom stereocenters. The Kier molecular flexibility index (Phi) is 5.09. The molecule has 0 aliphatic heterocycles. The zero-order valence-corrected chi connectivity index (χ0v) is 12.6. The van der Waals surface area contributed by atoms with Crippen molar-refractivity contribution < 1.29 is 13.2 Å². The first-order valence-corrected chi connectivity index (χ1v) is 8.02. The summed E-state index contributed by atoms with van der Waals surface area (Å²) in [5.74, 6) is 0.531. The molecule has 4 nitrogen and oxygen atoms in total. The van der Waals surface area contributed by atoms with Crippen LogP contribution in [-0.4, -0.2) is 19.2 Å². The van der Waals surface area contributed by atoms with Gasteiger partial charge in [-0.05, 0) is 32.0 Å². The van der Waals surface area contributed by atoms with Gasteiger partial charge in [-0.15, -0.1) is 0 Å². The molecule has 17 heavy (non-hydrogen) atoms. The van der Waals surface area contributed by atoms with Crippen molar-refractivity contribution in [3.8, 4) is 5.75 Å². The average Bonchev–Trinajstić information content (AvgIpc) is 2.21. The lowest BCUT2D eigenvalue weighted by Crippen LogP contribution is -2.13. The van der Waals surface area contributed by atoms with Gasteiger partial charge in [0.05, 0.1) is 16.8 Å². The molecular weight excluding hydrogens is 330 g/mol. The second kappa shape index (κ2) is 5.93. The number of hydrogen-bond acceptors (Lipinski definition) is 3. The van der Waals surface area contributed by atoms with E-state index in [0.717, 1.165) is 0 Å². The van der Waals surface area contributed by atoms with Crippen molar-refractivity contribution in [2.45, 2.75) is 20.0 Å². The fraction of sp³-hybridized carbons (Fsp3) is 0.400. The summed E-state index contributed by atoms with van der Waals surface area (Å²) in [6, 6.07) is 4.75. The highest BCUT2D eigenvalue weighted by Gasteiger charge is 2.10. The molecule has 1 aromatic carbocycles. The quantitative estimate of drug-likeness (QED) is 0.836. The Bertz CT molecular complexity index is 490. The first-order valence-electron chi connectivity index (χ1n) is 4.86. The van der Waals surface area contributed by atoms with E-state index in [9.17, 15) is 8.42 Å². The minimum atomic E-state index is -3.36. The van der Waals surface area contributed by atoms with Crippen LogP contribution >= 0.6 is 27.5 Å². The van der Waals surface area contributed by atoms with Gasteiger partial charge in [0, 0.05) is 0 Å². The molecule has 1 rings (SSSR count). The van der Waals surface area contributed by atoms with Gasteiger partial charge in [-0.3, -0.25) is 4.72 Å². The molecule has 1 aromatic rings. The molecule has 0 saturated heterocycles. The predicted octanol–water partition coefficient (Wildman–Crippen LogP) is 3.22. The van der Waals surface area contributed by atoms with Gasteiger partial charge in [-0.25, -0.2) is 8.42 Å². The second-order valence-corrected chi connectivity index (χ2v) is 7.07. The van der Waals surface area contributed by atoms with Gasteiger partial charge in [0.1, 0.15) is 10.4 Å². The van der Waals surface area contributed by atoms with Gasteiger partial charge >= 0.3 is 0 Å². The van der Waals surface area contributed by atoms with Crippen molar-refractivity contribution >= 4 is 43.2 Å². The minimum absolute atomic E-state index is 0.0117. The molecule has 0 fully saturated rings. The van der Waals surface area contributed by atoms with Gasteiger partial charge in [-0.2, -0.15) is 0 Å². The van der Waals surface area contributed by atoms with Gasteiger partial charge < -0.3 is 4.74 Å². The molecule has 0 spiro atoms. The summed E-state index contributed by atoms with van der Waals surface area (Å²) >= 11 is 8.86. The second-order valence-electron chi connectivity index (χ2n) is 3.64. The number of anilines is 1. The third-order valence-corrected chi connectivity index (χ3v) is 4.65. The summed E-state index contributed by atoms with van der Waals surface area (Å²) in [5, 5.41) is 0.369. The van der Waals surface area contributed by atoms with Crippen LogP contribution in [0.2, 0.25) is 5.02 Å². The average molecular weight is 343 g/mol. The van der Waals surface area contributed by atoms with Crippen LogP contribution in [0.1, 0.15) is 13.8 Å². The molecular formula is C10H13BrClNO3S. The molecule has 0 aromatic heterocycles. The highest BCUT2D eigenvalue weighted by atomic mass is 79.9. The number of halogens is 2. The Morgan fingerprint density at radius 1 is 1.47 bits per heavy atom. The van der Waals surface area contributed by atoms with E-state index in [1.54, 1.807) is 12.1 Å². The monoisotopic (exact) mass is 341 g/mol. The number of ether oxygens (including phenoxy) is 1. The molecule has 0 unspecified atom stereocenters. The fourth-order valence-corrected chi connectivity index (χ4v) is 2.23. The van der Waals surface area contributed by atoms with Gasteiger partial charge in [-0.1, -0.05) is 27.5 Å². The molecule has 1 N–H and O–H groups in total. The first kappa shape index (κ1) is 14.6. The molecule has 0 heterocycles. The molecule has 0 aliphatic carbocycles. The van der Waals surface area contributed by atoms with E-state index in [2.05, 4.69) is 20.7 Å². The van der Waals surface area contributed by atoms with Gasteiger partial charge in [0.15, 0.2) is 0 Å². The maximum atomic E-state index is 11.3. The van der Waals surface area contributed by atoms with E-state index in [0.29, 0.717) is 16.5 Å². The van der Waals surface area contributed by atoms with Crippen molar-refractivity contribution in [2.75, 3.05) is 9.38 Å². The lowest BCUT2D eigenvalue weighted by molar-refractivity contribution is 0.242. The smallest absolute Gasteiger partial charge is 0.242 e. The Labute approximate surface area is 114 Å². The number of sulfonamides is 1. The van der Waals surface area contributed by atoms with Crippen LogP contribution in [0, 0.1) is 0 Å². The molecule has 0 aliphatic rings. The first-order chi connectivity index (χ1) is 7.84. The lowest BCUT2D eigenvalue weighted by Gasteiger charge is -2.12. The molecule has 0 amide bonds. The summed E-state index contributed by atoms with van der Waals surface area (Å²) < 4.78 is 30.3. The highest BCUT2D eigenvalue weighted by Crippen LogP contribution is 2.28. The van der Waals surface area contributed by atoms with E-state index in [4.69, 9.17) is 16.3 Å². The topological polar surface area (TPSA) is 55.4 Å². The van der Waals surface area contributed by atoms with Crippen molar-refractivity contribution in [2.24, 2.45) is 0 Å². The number of benzene rings is 1. The Balaban J connectivity index is 2.89. The maximum absolute atomic E-state index is 11.3. The normalized spacial score (nSPS) is 11.6. The largest absolute Gasteiger partial charge is 0.489 e. The van der Waals surface area contributed by atoms with Crippen molar-refractivity contribution in [3.05, 3.63) is 23.2 Å². The van der Waals surface area contributed by atoms with Crippen LogP contribution in [0.3, 0.4) is 0 Å².